The first-order valence-electron chi connectivity index (χ1n) is 2.24. The lowest BCUT2D eigenvalue weighted by Crippen LogP contribution is -1.79. The number of thiophene rings is 1. The van der Waals surface area contributed by atoms with Gasteiger partial charge in [-0.2, -0.15) is 0 Å². The van der Waals surface area contributed by atoms with Crippen LogP contribution in [0.1, 0.15) is 5.56 Å². The van der Waals surface area contributed by atoms with Gasteiger partial charge in [-0.25, -0.2) is 0 Å². The van der Waals surface area contributed by atoms with Crippen LogP contribution in [0.4, 0.5) is 5.00 Å². The van der Waals surface area contributed by atoms with E-state index in [0.717, 1.165) is 5.56 Å². The molecule has 0 radical (unpaired) electrons. The topological polar surface area (TPSA) is 46.2 Å². The third-order valence-corrected chi connectivity index (χ3v) is 1.95. The summed E-state index contributed by atoms with van der Waals surface area (Å²) in [6.07, 6.45) is 0. The summed E-state index contributed by atoms with van der Waals surface area (Å²) in [6.45, 7) is 1.79. The second kappa shape index (κ2) is 2.94. The van der Waals surface area contributed by atoms with Gasteiger partial charge in [0, 0.05) is 10.9 Å². The van der Waals surface area contributed by atoms with Crippen molar-refractivity contribution in [3.05, 3.63) is 10.9 Å². The quantitative estimate of drug-likeness (QED) is 0.616. The molecule has 1 heterocycles. The fourth-order valence-electron chi connectivity index (χ4n) is 0.422. The molecule has 0 bridgehead atoms. The van der Waals surface area contributed by atoms with Crippen molar-refractivity contribution in [1.29, 1.82) is 0 Å². The summed E-state index contributed by atoms with van der Waals surface area (Å²) in [5.41, 5.74) is 6.19. The second-order valence-electron chi connectivity index (χ2n) is 1.61. The largest absolute Gasteiger partial charge is 0.507 e. The Morgan fingerprint density at radius 2 is 2.22 bits per heavy atom. The van der Waals surface area contributed by atoms with Crippen molar-refractivity contribution in [3.63, 3.8) is 0 Å². The standard InChI is InChI=1S/C5H7NOS.ClH/c1-3-4(7)2-8-5(3)6;/h2,7H,6H2,1H3;1H. The molecule has 1 rings (SSSR count). The lowest BCUT2D eigenvalue weighted by Gasteiger charge is -1.85. The van der Waals surface area contributed by atoms with Crippen molar-refractivity contribution in [2.45, 2.75) is 6.92 Å². The first-order chi connectivity index (χ1) is 3.72. The summed E-state index contributed by atoms with van der Waals surface area (Å²) in [5, 5.41) is 11.2. The van der Waals surface area contributed by atoms with Crippen molar-refractivity contribution in [2.75, 3.05) is 5.73 Å². The molecule has 0 aliphatic carbocycles. The number of halogens is 1. The number of rotatable bonds is 0. The predicted molar refractivity (Wildman–Crippen MR) is 42.4 cm³/mol. The van der Waals surface area contributed by atoms with Crippen molar-refractivity contribution >= 4 is 28.7 Å². The molecular formula is C5H8ClNOS. The van der Waals surface area contributed by atoms with Gasteiger partial charge < -0.3 is 10.8 Å². The van der Waals surface area contributed by atoms with Crippen LogP contribution in [0.2, 0.25) is 0 Å². The molecule has 52 valence electrons. The summed E-state index contributed by atoms with van der Waals surface area (Å²) in [7, 11) is 0. The van der Waals surface area contributed by atoms with E-state index in [1.807, 2.05) is 0 Å². The number of hydrogen-bond acceptors (Lipinski definition) is 3. The predicted octanol–water partition coefficient (Wildman–Crippen LogP) is 1.77. The van der Waals surface area contributed by atoms with Crippen LogP contribution in [-0.4, -0.2) is 5.11 Å². The maximum absolute atomic E-state index is 8.87. The highest BCUT2D eigenvalue weighted by Crippen LogP contribution is 2.28. The zero-order chi connectivity index (χ0) is 6.15. The highest BCUT2D eigenvalue weighted by Gasteiger charge is 1.99. The van der Waals surface area contributed by atoms with Gasteiger partial charge in [0.1, 0.15) is 5.75 Å². The van der Waals surface area contributed by atoms with Crippen LogP contribution in [0.25, 0.3) is 0 Å². The van der Waals surface area contributed by atoms with Gasteiger partial charge in [-0.15, -0.1) is 23.7 Å². The fraction of sp³-hybridized carbons (Fsp3) is 0.200. The minimum atomic E-state index is 0. The maximum atomic E-state index is 8.87. The van der Waals surface area contributed by atoms with Gasteiger partial charge in [0.05, 0.1) is 5.00 Å². The van der Waals surface area contributed by atoms with E-state index in [2.05, 4.69) is 0 Å². The molecule has 1 aromatic rings. The number of aromatic hydroxyl groups is 1. The lowest BCUT2D eigenvalue weighted by atomic mass is 10.3. The van der Waals surface area contributed by atoms with Crippen LogP contribution in [0.15, 0.2) is 5.38 Å². The molecule has 0 saturated heterocycles. The van der Waals surface area contributed by atoms with Gasteiger partial charge in [0.25, 0.3) is 0 Å². The van der Waals surface area contributed by atoms with Gasteiger partial charge in [-0.1, -0.05) is 0 Å². The SMILES string of the molecule is Cc1c(O)csc1N.Cl. The van der Waals surface area contributed by atoms with Crippen LogP contribution >= 0.6 is 23.7 Å². The molecule has 2 nitrogen and oxygen atoms in total. The van der Waals surface area contributed by atoms with Crippen molar-refractivity contribution in [3.8, 4) is 5.75 Å². The van der Waals surface area contributed by atoms with Crippen LogP contribution in [-0.2, 0) is 0 Å². The molecule has 0 aliphatic rings. The molecule has 0 aromatic carbocycles. The Labute approximate surface area is 63.7 Å². The van der Waals surface area contributed by atoms with E-state index in [0.29, 0.717) is 10.8 Å². The summed E-state index contributed by atoms with van der Waals surface area (Å²) in [4.78, 5) is 0. The van der Waals surface area contributed by atoms with E-state index in [4.69, 9.17) is 10.8 Å². The minimum absolute atomic E-state index is 0. The number of hydrogen-bond donors (Lipinski definition) is 2. The molecule has 0 fully saturated rings. The highest BCUT2D eigenvalue weighted by molar-refractivity contribution is 7.14. The molecule has 9 heavy (non-hydrogen) atoms. The summed E-state index contributed by atoms with van der Waals surface area (Å²) in [5.74, 6) is 0.299. The van der Waals surface area contributed by atoms with Gasteiger partial charge in [0.2, 0.25) is 0 Å². The van der Waals surface area contributed by atoms with E-state index in [1.165, 1.54) is 11.3 Å². The Bertz CT molecular complexity index is 179. The Morgan fingerprint density at radius 3 is 2.33 bits per heavy atom. The summed E-state index contributed by atoms with van der Waals surface area (Å²) < 4.78 is 0. The van der Waals surface area contributed by atoms with E-state index in [9.17, 15) is 0 Å². The zero-order valence-corrected chi connectivity index (χ0v) is 6.55. The molecule has 4 heteroatoms. The van der Waals surface area contributed by atoms with Gasteiger partial charge >= 0.3 is 0 Å². The fourth-order valence-corrected chi connectivity index (χ4v) is 1.12. The zero-order valence-electron chi connectivity index (χ0n) is 4.92. The van der Waals surface area contributed by atoms with Crippen LogP contribution in [0, 0.1) is 6.92 Å². The van der Waals surface area contributed by atoms with Crippen LogP contribution in [0.3, 0.4) is 0 Å². The molecule has 0 atom stereocenters. The van der Waals surface area contributed by atoms with Gasteiger partial charge in [-0.3, -0.25) is 0 Å². The van der Waals surface area contributed by atoms with E-state index in [1.54, 1.807) is 12.3 Å². The first kappa shape index (κ1) is 8.59. The molecule has 1 aromatic heterocycles. The Morgan fingerprint density at radius 1 is 1.67 bits per heavy atom. The number of anilines is 1. The monoisotopic (exact) mass is 165 g/mol. The number of nitrogens with two attached hydrogens (primary N) is 1. The second-order valence-corrected chi connectivity index (χ2v) is 2.52. The Hall–Kier alpha value is -0.410. The molecule has 0 spiro atoms. The molecular weight excluding hydrogens is 158 g/mol. The molecule has 0 saturated carbocycles. The molecule has 0 unspecified atom stereocenters. The number of nitrogen functional groups attached to an aromatic ring is 1. The summed E-state index contributed by atoms with van der Waals surface area (Å²) in [6, 6.07) is 0. The van der Waals surface area contributed by atoms with E-state index in [-0.39, 0.29) is 12.4 Å². The third-order valence-electron chi connectivity index (χ3n) is 1.05. The van der Waals surface area contributed by atoms with Crippen molar-refractivity contribution in [2.24, 2.45) is 0 Å². The third kappa shape index (κ3) is 1.50. The first-order valence-corrected chi connectivity index (χ1v) is 3.12. The molecule has 0 aliphatic heterocycles. The van der Waals surface area contributed by atoms with Crippen molar-refractivity contribution < 1.29 is 5.11 Å². The average Bonchev–Trinajstić information content (AvgIpc) is 1.98. The average molecular weight is 166 g/mol. The van der Waals surface area contributed by atoms with Crippen LogP contribution < -0.4 is 5.73 Å². The molecule has 0 amide bonds. The highest BCUT2D eigenvalue weighted by atomic mass is 35.5. The van der Waals surface area contributed by atoms with Crippen molar-refractivity contribution in [1.82, 2.24) is 0 Å². The Kier molecular flexibility index (Phi) is 2.81. The van der Waals surface area contributed by atoms with Gasteiger partial charge in [-0.05, 0) is 6.92 Å². The van der Waals surface area contributed by atoms with Gasteiger partial charge in [0.15, 0.2) is 0 Å². The maximum Gasteiger partial charge on any atom is 0.131 e. The van der Waals surface area contributed by atoms with Crippen LogP contribution in [0.5, 0.6) is 5.75 Å². The molecule has 3 N–H and O–H groups in total. The summed E-state index contributed by atoms with van der Waals surface area (Å²) >= 11 is 1.36. The minimum Gasteiger partial charge on any atom is -0.507 e. The Balaban J connectivity index is 0.000000640. The van der Waals surface area contributed by atoms with E-state index < -0.39 is 0 Å². The van der Waals surface area contributed by atoms with E-state index >= 15 is 0 Å². The lowest BCUT2D eigenvalue weighted by molar-refractivity contribution is 0.474. The normalized spacial score (nSPS) is 8.56. The smallest absolute Gasteiger partial charge is 0.131 e.